The lowest BCUT2D eigenvalue weighted by molar-refractivity contribution is -0.141. The molecule has 1 aromatic heterocycles. The topological polar surface area (TPSA) is 56.3 Å². The van der Waals surface area contributed by atoms with Crippen LogP contribution in [0.15, 0.2) is 12.3 Å². The second kappa shape index (κ2) is 7.12. The number of rotatable bonds is 7. The normalized spacial score (nSPS) is 11.6. The molecule has 0 aliphatic heterocycles. The van der Waals surface area contributed by atoms with Crippen LogP contribution < -0.4 is 5.32 Å². The zero-order valence-corrected chi connectivity index (χ0v) is 9.83. The Kier molecular flexibility index (Phi) is 5.79. The molecule has 0 atom stereocenters. The lowest BCUT2D eigenvalue weighted by Gasteiger charge is -2.08. The molecule has 0 saturated carbocycles. The Balaban J connectivity index is 2.34. The van der Waals surface area contributed by atoms with Crippen LogP contribution in [-0.2, 0) is 15.7 Å². The fourth-order valence-corrected chi connectivity index (χ4v) is 1.08. The first-order chi connectivity index (χ1) is 8.54. The SMILES string of the molecule is COCCOCCNc1nccc(C(F)(F)F)n1. The van der Waals surface area contributed by atoms with Crippen molar-refractivity contribution in [1.29, 1.82) is 0 Å². The zero-order valence-electron chi connectivity index (χ0n) is 9.83. The van der Waals surface area contributed by atoms with E-state index in [1.807, 2.05) is 0 Å². The van der Waals surface area contributed by atoms with Gasteiger partial charge in [-0.1, -0.05) is 0 Å². The predicted molar refractivity (Wildman–Crippen MR) is 58.2 cm³/mol. The summed E-state index contributed by atoms with van der Waals surface area (Å²) in [6, 6.07) is 0.820. The number of ether oxygens (including phenoxy) is 2. The second-order valence-electron chi connectivity index (χ2n) is 3.30. The maximum absolute atomic E-state index is 12.3. The fourth-order valence-electron chi connectivity index (χ4n) is 1.08. The minimum Gasteiger partial charge on any atom is -0.382 e. The Hall–Kier alpha value is -1.41. The first kappa shape index (κ1) is 14.7. The van der Waals surface area contributed by atoms with Crippen LogP contribution in [0.4, 0.5) is 19.1 Å². The van der Waals surface area contributed by atoms with Crippen LogP contribution in [0.2, 0.25) is 0 Å². The highest BCUT2D eigenvalue weighted by Crippen LogP contribution is 2.27. The first-order valence-electron chi connectivity index (χ1n) is 5.25. The van der Waals surface area contributed by atoms with E-state index in [0.717, 1.165) is 12.3 Å². The van der Waals surface area contributed by atoms with Crippen molar-refractivity contribution < 1.29 is 22.6 Å². The molecule has 0 aromatic carbocycles. The Morgan fingerprint density at radius 1 is 1.28 bits per heavy atom. The van der Waals surface area contributed by atoms with E-state index < -0.39 is 11.9 Å². The van der Waals surface area contributed by atoms with E-state index in [-0.39, 0.29) is 5.95 Å². The highest BCUT2D eigenvalue weighted by atomic mass is 19.4. The van der Waals surface area contributed by atoms with E-state index in [1.165, 1.54) is 0 Å². The van der Waals surface area contributed by atoms with E-state index in [2.05, 4.69) is 15.3 Å². The lowest BCUT2D eigenvalue weighted by Crippen LogP contribution is -2.15. The number of nitrogens with one attached hydrogen (secondary N) is 1. The van der Waals surface area contributed by atoms with Crippen LogP contribution in [0, 0.1) is 0 Å². The summed E-state index contributed by atoms with van der Waals surface area (Å²) in [5.41, 5.74) is -0.972. The summed E-state index contributed by atoms with van der Waals surface area (Å²) in [5, 5.41) is 2.65. The van der Waals surface area contributed by atoms with E-state index in [9.17, 15) is 13.2 Å². The largest absolute Gasteiger partial charge is 0.433 e. The van der Waals surface area contributed by atoms with E-state index in [1.54, 1.807) is 7.11 Å². The van der Waals surface area contributed by atoms with Gasteiger partial charge in [-0.3, -0.25) is 0 Å². The molecule has 0 radical (unpaired) electrons. The fraction of sp³-hybridized carbons (Fsp3) is 0.600. The number of aromatic nitrogens is 2. The summed E-state index contributed by atoms with van der Waals surface area (Å²) >= 11 is 0. The Morgan fingerprint density at radius 2 is 2.06 bits per heavy atom. The molecule has 0 fully saturated rings. The van der Waals surface area contributed by atoms with Crippen LogP contribution in [0.1, 0.15) is 5.69 Å². The zero-order chi connectivity index (χ0) is 13.4. The molecule has 1 aromatic rings. The van der Waals surface area contributed by atoms with Gasteiger partial charge >= 0.3 is 6.18 Å². The molecule has 0 amide bonds. The van der Waals surface area contributed by atoms with Gasteiger partial charge in [-0.2, -0.15) is 13.2 Å². The molecule has 1 rings (SSSR count). The average Bonchev–Trinajstić information content (AvgIpc) is 2.33. The number of methoxy groups -OCH3 is 1. The first-order valence-corrected chi connectivity index (χ1v) is 5.25. The van der Waals surface area contributed by atoms with E-state index in [0.29, 0.717) is 26.4 Å². The standard InChI is InChI=1S/C10H14F3N3O2/c1-17-6-7-18-5-4-15-9-14-3-2-8(16-9)10(11,12)13/h2-3H,4-7H2,1H3,(H,14,15,16). The number of halogens is 3. The minimum absolute atomic E-state index is 0.0693. The molecule has 8 heteroatoms. The molecule has 0 aliphatic carbocycles. The minimum atomic E-state index is -4.46. The molecule has 102 valence electrons. The van der Waals surface area contributed by atoms with Gasteiger partial charge < -0.3 is 14.8 Å². The van der Waals surface area contributed by atoms with Crippen molar-refractivity contribution in [2.45, 2.75) is 6.18 Å². The molecule has 0 bridgehead atoms. The average molecular weight is 265 g/mol. The van der Waals surface area contributed by atoms with Crippen LogP contribution in [0.5, 0.6) is 0 Å². The van der Waals surface area contributed by atoms with Gasteiger partial charge in [-0.25, -0.2) is 9.97 Å². The Bertz CT molecular complexity index is 360. The number of anilines is 1. The van der Waals surface area contributed by atoms with Crippen molar-refractivity contribution >= 4 is 5.95 Å². The summed E-state index contributed by atoms with van der Waals surface area (Å²) in [5.74, 6) is -0.0693. The third kappa shape index (κ3) is 5.28. The van der Waals surface area contributed by atoms with E-state index in [4.69, 9.17) is 9.47 Å². The highest BCUT2D eigenvalue weighted by molar-refractivity contribution is 5.25. The van der Waals surface area contributed by atoms with Gasteiger partial charge in [-0.15, -0.1) is 0 Å². The van der Waals surface area contributed by atoms with Crippen molar-refractivity contribution in [3.05, 3.63) is 18.0 Å². The molecule has 1 heterocycles. The number of alkyl halides is 3. The number of hydrogen-bond acceptors (Lipinski definition) is 5. The van der Waals surface area contributed by atoms with Crippen molar-refractivity contribution in [1.82, 2.24) is 9.97 Å². The molecule has 0 saturated heterocycles. The third-order valence-corrected chi connectivity index (χ3v) is 1.91. The van der Waals surface area contributed by atoms with Crippen LogP contribution in [0.25, 0.3) is 0 Å². The molecule has 0 aliphatic rings. The smallest absolute Gasteiger partial charge is 0.382 e. The molecule has 0 spiro atoms. The summed E-state index contributed by atoms with van der Waals surface area (Å²) in [7, 11) is 1.55. The molecular weight excluding hydrogens is 251 g/mol. The van der Waals surface area contributed by atoms with Gasteiger partial charge in [0, 0.05) is 19.9 Å². The summed E-state index contributed by atoms with van der Waals surface area (Å²) in [6.45, 7) is 1.57. The van der Waals surface area contributed by atoms with Crippen molar-refractivity contribution in [2.75, 3.05) is 38.8 Å². The van der Waals surface area contributed by atoms with Crippen molar-refractivity contribution in [3.63, 3.8) is 0 Å². The maximum Gasteiger partial charge on any atom is 0.433 e. The number of nitrogens with zero attached hydrogens (tertiary/aromatic N) is 2. The van der Waals surface area contributed by atoms with Crippen LogP contribution in [-0.4, -0.2) is 43.4 Å². The van der Waals surface area contributed by atoms with Crippen LogP contribution in [0.3, 0.4) is 0 Å². The van der Waals surface area contributed by atoms with Gasteiger partial charge in [0.15, 0.2) is 0 Å². The van der Waals surface area contributed by atoms with Gasteiger partial charge in [-0.05, 0) is 6.07 Å². The molecule has 1 N–H and O–H groups in total. The van der Waals surface area contributed by atoms with Gasteiger partial charge in [0.05, 0.1) is 19.8 Å². The number of hydrogen-bond donors (Lipinski definition) is 1. The summed E-state index contributed by atoms with van der Waals surface area (Å²) < 4.78 is 46.9. The summed E-state index contributed by atoms with van der Waals surface area (Å²) in [4.78, 5) is 7.03. The molecule has 0 unspecified atom stereocenters. The van der Waals surface area contributed by atoms with Gasteiger partial charge in [0.2, 0.25) is 5.95 Å². The maximum atomic E-state index is 12.3. The van der Waals surface area contributed by atoms with Gasteiger partial charge in [0.25, 0.3) is 0 Å². The second-order valence-corrected chi connectivity index (χ2v) is 3.30. The van der Waals surface area contributed by atoms with E-state index >= 15 is 0 Å². The Morgan fingerprint density at radius 3 is 2.72 bits per heavy atom. The quantitative estimate of drug-likeness (QED) is 0.758. The lowest BCUT2D eigenvalue weighted by atomic mass is 10.4. The highest BCUT2D eigenvalue weighted by Gasteiger charge is 2.32. The van der Waals surface area contributed by atoms with Gasteiger partial charge in [0.1, 0.15) is 5.69 Å². The van der Waals surface area contributed by atoms with Crippen molar-refractivity contribution in [3.8, 4) is 0 Å². The molecular formula is C10H14F3N3O2. The predicted octanol–water partition coefficient (Wildman–Crippen LogP) is 1.57. The Labute approximate surface area is 102 Å². The molecule has 18 heavy (non-hydrogen) atoms. The van der Waals surface area contributed by atoms with Crippen molar-refractivity contribution in [2.24, 2.45) is 0 Å². The third-order valence-electron chi connectivity index (χ3n) is 1.91. The molecule has 5 nitrogen and oxygen atoms in total. The monoisotopic (exact) mass is 265 g/mol. The summed E-state index contributed by atoms with van der Waals surface area (Å²) in [6.07, 6.45) is -3.40. The van der Waals surface area contributed by atoms with Crippen LogP contribution >= 0.6 is 0 Å².